The van der Waals surface area contributed by atoms with Gasteiger partial charge in [0.25, 0.3) is 0 Å². The van der Waals surface area contributed by atoms with Gasteiger partial charge in [-0.15, -0.1) is 0 Å². The smallest absolute Gasteiger partial charge is 0.157 e. The van der Waals surface area contributed by atoms with Gasteiger partial charge in [-0.1, -0.05) is 36.9 Å². The van der Waals surface area contributed by atoms with Gasteiger partial charge >= 0.3 is 0 Å². The van der Waals surface area contributed by atoms with E-state index in [4.69, 9.17) is 17.3 Å². The van der Waals surface area contributed by atoms with Crippen LogP contribution in [-0.4, -0.2) is 42.2 Å². The van der Waals surface area contributed by atoms with Crippen molar-refractivity contribution in [1.29, 1.82) is 0 Å². The molecule has 1 saturated heterocycles. The average Bonchev–Trinajstić information content (AvgIpc) is 2.71. The molecule has 27 heavy (non-hydrogen) atoms. The monoisotopic (exact) mass is 386 g/mol. The Morgan fingerprint density at radius 2 is 1.74 bits per heavy atom. The summed E-state index contributed by atoms with van der Waals surface area (Å²) in [4.78, 5) is 13.5. The van der Waals surface area contributed by atoms with Crippen LogP contribution >= 0.6 is 11.6 Å². The molecule has 1 aromatic heterocycles. The highest BCUT2D eigenvalue weighted by atomic mass is 35.5. The highest BCUT2D eigenvalue weighted by molar-refractivity contribution is 6.30. The number of rotatable bonds is 4. The zero-order chi connectivity index (χ0) is 18.6. The molecule has 2 aromatic rings. The summed E-state index contributed by atoms with van der Waals surface area (Å²) in [6.07, 6.45) is 7.90. The van der Waals surface area contributed by atoms with E-state index in [9.17, 15) is 0 Å². The van der Waals surface area contributed by atoms with Crippen LogP contribution in [0.3, 0.4) is 0 Å². The van der Waals surface area contributed by atoms with Gasteiger partial charge in [0, 0.05) is 42.9 Å². The Balaban J connectivity index is 1.42. The van der Waals surface area contributed by atoms with Crippen LogP contribution < -0.4 is 20.9 Å². The van der Waals surface area contributed by atoms with E-state index in [0.717, 1.165) is 48.5 Å². The number of nitrogen functional groups attached to an aromatic ring is 1. The molecule has 2 aliphatic rings. The lowest BCUT2D eigenvalue weighted by Gasteiger charge is -2.37. The minimum atomic E-state index is 0.475. The van der Waals surface area contributed by atoms with Crippen LogP contribution in [0.4, 0.5) is 23.0 Å². The summed E-state index contributed by atoms with van der Waals surface area (Å²) in [5, 5.41) is 4.31. The molecule has 2 fully saturated rings. The van der Waals surface area contributed by atoms with Crippen molar-refractivity contribution in [2.45, 2.75) is 38.1 Å². The molecule has 6 nitrogen and oxygen atoms in total. The first-order valence-corrected chi connectivity index (χ1v) is 10.2. The summed E-state index contributed by atoms with van der Waals surface area (Å²) in [7, 11) is 0. The second-order valence-corrected chi connectivity index (χ2v) is 7.83. The molecular formula is C20H27ClN6. The van der Waals surface area contributed by atoms with Gasteiger partial charge in [0.05, 0.1) is 0 Å². The fraction of sp³-hybridized carbons (Fsp3) is 0.500. The normalized spacial score (nSPS) is 18.6. The second-order valence-electron chi connectivity index (χ2n) is 7.39. The first kappa shape index (κ1) is 18.2. The highest BCUT2D eigenvalue weighted by Gasteiger charge is 2.23. The van der Waals surface area contributed by atoms with Gasteiger partial charge in [-0.2, -0.15) is 0 Å². The summed E-state index contributed by atoms with van der Waals surface area (Å²) < 4.78 is 0. The van der Waals surface area contributed by atoms with Crippen LogP contribution in [0.15, 0.2) is 30.6 Å². The molecule has 4 rings (SSSR count). The molecule has 0 atom stereocenters. The van der Waals surface area contributed by atoms with Crippen LogP contribution in [0.5, 0.6) is 0 Å². The molecule has 7 heteroatoms. The number of aromatic nitrogens is 2. The molecule has 0 bridgehead atoms. The Labute approximate surface area is 165 Å². The number of halogens is 1. The van der Waals surface area contributed by atoms with Crippen molar-refractivity contribution < 1.29 is 0 Å². The van der Waals surface area contributed by atoms with E-state index in [0.29, 0.717) is 11.7 Å². The number of piperazine rings is 1. The largest absolute Gasteiger partial charge is 0.393 e. The fourth-order valence-electron chi connectivity index (χ4n) is 4.04. The third-order valence-corrected chi connectivity index (χ3v) is 5.80. The number of nitrogens with one attached hydrogen (secondary N) is 1. The Bertz CT molecular complexity index is 769. The van der Waals surface area contributed by atoms with Crippen molar-refractivity contribution in [3.8, 4) is 0 Å². The zero-order valence-corrected chi connectivity index (χ0v) is 16.3. The van der Waals surface area contributed by atoms with Crippen molar-refractivity contribution in [2.75, 3.05) is 47.0 Å². The molecule has 0 amide bonds. The zero-order valence-electron chi connectivity index (χ0n) is 15.6. The SMILES string of the molecule is Nc1c(NC2CCCCC2)ncnc1N1CCN(c2cccc(Cl)c2)CC1. The molecule has 0 radical (unpaired) electrons. The maximum Gasteiger partial charge on any atom is 0.157 e. The van der Waals surface area contributed by atoms with Crippen molar-refractivity contribution in [3.05, 3.63) is 35.6 Å². The third-order valence-electron chi connectivity index (χ3n) is 5.56. The van der Waals surface area contributed by atoms with Gasteiger partial charge in [0.2, 0.25) is 0 Å². The first-order chi connectivity index (χ1) is 13.2. The summed E-state index contributed by atoms with van der Waals surface area (Å²) >= 11 is 6.13. The highest BCUT2D eigenvalue weighted by Crippen LogP contribution is 2.30. The lowest BCUT2D eigenvalue weighted by Crippen LogP contribution is -2.47. The lowest BCUT2D eigenvalue weighted by molar-refractivity contribution is 0.462. The van der Waals surface area contributed by atoms with Crippen LogP contribution in [-0.2, 0) is 0 Å². The van der Waals surface area contributed by atoms with Gasteiger partial charge in [0.15, 0.2) is 11.6 Å². The minimum absolute atomic E-state index is 0.475. The van der Waals surface area contributed by atoms with Crippen LogP contribution in [0, 0.1) is 0 Å². The fourth-order valence-corrected chi connectivity index (χ4v) is 4.23. The van der Waals surface area contributed by atoms with Gasteiger partial charge in [0.1, 0.15) is 12.0 Å². The average molecular weight is 387 g/mol. The number of nitrogens with two attached hydrogens (primary N) is 1. The van der Waals surface area contributed by atoms with Crippen molar-refractivity contribution in [1.82, 2.24) is 9.97 Å². The number of anilines is 4. The molecule has 144 valence electrons. The topological polar surface area (TPSA) is 70.3 Å². The van der Waals surface area contributed by atoms with Gasteiger partial charge in [-0.25, -0.2) is 9.97 Å². The quantitative estimate of drug-likeness (QED) is 0.833. The van der Waals surface area contributed by atoms with E-state index in [1.165, 1.54) is 32.1 Å². The van der Waals surface area contributed by atoms with Gasteiger partial charge < -0.3 is 20.9 Å². The van der Waals surface area contributed by atoms with E-state index in [1.807, 2.05) is 18.2 Å². The first-order valence-electron chi connectivity index (χ1n) is 9.83. The second kappa shape index (κ2) is 8.21. The molecule has 1 aliphatic heterocycles. The minimum Gasteiger partial charge on any atom is -0.393 e. The predicted molar refractivity (Wildman–Crippen MR) is 113 cm³/mol. The van der Waals surface area contributed by atoms with Crippen LogP contribution in [0.2, 0.25) is 5.02 Å². The van der Waals surface area contributed by atoms with E-state index in [-0.39, 0.29) is 0 Å². The molecule has 1 saturated carbocycles. The Morgan fingerprint density at radius 1 is 1.00 bits per heavy atom. The van der Waals surface area contributed by atoms with Crippen molar-refractivity contribution in [2.24, 2.45) is 0 Å². The van der Waals surface area contributed by atoms with Gasteiger partial charge in [-0.3, -0.25) is 0 Å². The van der Waals surface area contributed by atoms with E-state index in [2.05, 4.69) is 31.2 Å². The molecule has 1 aromatic carbocycles. The number of nitrogens with zero attached hydrogens (tertiary/aromatic N) is 4. The Kier molecular flexibility index (Phi) is 5.53. The van der Waals surface area contributed by atoms with Crippen molar-refractivity contribution in [3.63, 3.8) is 0 Å². The van der Waals surface area contributed by atoms with Crippen LogP contribution in [0.25, 0.3) is 0 Å². The summed E-state index contributed by atoms with van der Waals surface area (Å²) in [6, 6.07) is 8.50. The standard InChI is InChI=1S/C20H27ClN6/c21-15-5-4-8-17(13-15)26-9-11-27(12-10-26)20-18(22)19(23-14-24-20)25-16-6-2-1-3-7-16/h4-5,8,13-14,16H,1-3,6-7,9-12,22H2,(H,23,24,25). The molecular weight excluding hydrogens is 360 g/mol. The van der Waals surface area contributed by atoms with Crippen LogP contribution in [0.1, 0.15) is 32.1 Å². The maximum absolute atomic E-state index is 6.44. The molecule has 3 N–H and O–H groups in total. The molecule has 2 heterocycles. The van der Waals surface area contributed by atoms with E-state index in [1.54, 1.807) is 6.33 Å². The maximum atomic E-state index is 6.44. The third kappa shape index (κ3) is 4.21. The molecule has 0 spiro atoms. The van der Waals surface area contributed by atoms with E-state index < -0.39 is 0 Å². The summed E-state index contributed by atoms with van der Waals surface area (Å²) in [5.74, 6) is 1.62. The van der Waals surface area contributed by atoms with Gasteiger partial charge in [-0.05, 0) is 31.0 Å². The molecule has 1 aliphatic carbocycles. The summed E-state index contributed by atoms with van der Waals surface area (Å²) in [5.41, 5.74) is 8.27. The summed E-state index contributed by atoms with van der Waals surface area (Å²) in [6.45, 7) is 3.57. The molecule has 0 unspecified atom stereocenters. The Morgan fingerprint density at radius 3 is 2.48 bits per heavy atom. The predicted octanol–water partition coefficient (Wildman–Crippen LogP) is 3.78. The number of benzene rings is 1. The van der Waals surface area contributed by atoms with E-state index >= 15 is 0 Å². The number of hydrogen-bond acceptors (Lipinski definition) is 6. The number of hydrogen-bond donors (Lipinski definition) is 2. The Hall–Kier alpha value is -2.21. The lowest BCUT2D eigenvalue weighted by atomic mass is 9.95. The van der Waals surface area contributed by atoms with Crippen molar-refractivity contribution >= 4 is 34.6 Å².